The second-order valence-corrected chi connectivity index (χ2v) is 2.12. The summed E-state index contributed by atoms with van der Waals surface area (Å²) in [4.78, 5) is 0. The van der Waals surface area contributed by atoms with Gasteiger partial charge in [0.05, 0.1) is 0 Å². The van der Waals surface area contributed by atoms with Crippen molar-refractivity contribution < 1.29 is 8.78 Å². The maximum absolute atomic E-state index is 11.9. The predicted molar refractivity (Wildman–Crippen MR) is 35.0 cm³/mol. The molecular weight excluding hydrogens is 134 g/mol. The predicted octanol–water partition coefficient (Wildman–Crippen LogP) is 2.73. The van der Waals surface area contributed by atoms with Gasteiger partial charge in [0.2, 0.25) is 0 Å². The van der Waals surface area contributed by atoms with Crippen molar-refractivity contribution >= 4 is 0 Å². The van der Waals surface area contributed by atoms with Gasteiger partial charge in [-0.3, -0.25) is 0 Å². The first-order valence-electron chi connectivity index (χ1n) is 2.96. The molecule has 0 heterocycles. The van der Waals surface area contributed by atoms with Crippen molar-refractivity contribution in [2.45, 2.75) is 13.3 Å². The zero-order chi connectivity index (χ0) is 7.56. The van der Waals surface area contributed by atoms with Gasteiger partial charge in [0.1, 0.15) is 0 Å². The van der Waals surface area contributed by atoms with E-state index >= 15 is 0 Å². The molecule has 0 N–H and O–H groups in total. The molecule has 10 heavy (non-hydrogen) atoms. The van der Waals surface area contributed by atoms with Crippen molar-refractivity contribution in [3.05, 3.63) is 35.4 Å². The maximum atomic E-state index is 11.9. The molecule has 0 fully saturated rings. The number of alkyl halides is 2. The lowest BCUT2D eigenvalue weighted by Gasteiger charge is -1.96. The maximum Gasteiger partial charge on any atom is 0.264 e. The smallest absolute Gasteiger partial charge is 0.205 e. The van der Waals surface area contributed by atoms with Crippen molar-refractivity contribution in [3.8, 4) is 0 Å². The molecule has 1 radical (unpaired) electrons. The van der Waals surface area contributed by atoms with Crippen LogP contribution in [-0.4, -0.2) is 0 Å². The number of halogens is 2. The van der Waals surface area contributed by atoms with Crippen LogP contribution in [-0.2, 0) is 0 Å². The van der Waals surface area contributed by atoms with E-state index in [9.17, 15) is 8.78 Å². The van der Waals surface area contributed by atoms with Gasteiger partial charge in [0.15, 0.2) is 0 Å². The van der Waals surface area contributed by atoms with E-state index in [2.05, 4.69) is 6.07 Å². The minimum Gasteiger partial charge on any atom is -0.205 e. The van der Waals surface area contributed by atoms with E-state index in [1.807, 2.05) is 6.92 Å². The summed E-state index contributed by atoms with van der Waals surface area (Å²) in [5.74, 6) is 0. The highest BCUT2D eigenvalue weighted by molar-refractivity contribution is 5.20. The first-order chi connectivity index (χ1) is 4.70. The van der Waals surface area contributed by atoms with E-state index in [1.165, 1.54) is 6.07 Å². The van der Waals surface area contributed by atoms with Crippen LogP contribution in [0.4, 0.5) is 8.78 Å². The Morgan fingerprint density at radius 1 is 1.40 bits per heavy atom. The fraction of sp³-hybridized carbons (Fsp3) is 0.250. The molecule has 0 amide bonds. The first kappa shape index (κ1) is 7.19. The second-order valence-electron chi connectivity index (χ2n) is 2.12. The van der Waals surface area contributed by atoms with Gasteiger partial charge in [-0.15, -0.1) is 0 Å². The van der Waals surface area contributed by atoms with E-state index in [0.29, 0.717) is 0 Å². The third-order valence-electron chi connectivity index (χ3n) is 1.23. The van der Waals surface area contributed by atoms with Gasteiger partial charge in [-0.1, -0.05) is 23.8 Å². The average molecular weight is 141 g/mol. The number of aryl methyl sites for hydroxylation is 1. The highest BCUT2D eigenvalue weighted by atomic mass is 19.3. The fourth-order valence-electron chi connectivity index (χ4n) is 0.650. The number of hydrogen-bond acceptors (Lipinski definition) is 0. The zero-order valence-corrected chi connectivity index (χ0v) is 5.57. The summed E-state index contributed by atoms with van der Waals surface area (Å²) in [5.41, 5.74) is 0.912. The SMILES string of the molecule is Cc1c[c]c(C(F)F)cc1. The van der Waals surface area contributed by atoms with Gasteiger partial charge < -0.3 is 0 Å². The molecule has 2 heteroatoms. The zero-order valence-electron chi connectivity index (χ0n) is 5.57. The fourth-order valence-corrected chi connectivity index (χ4v) is 0.650. The van der Waals surface area contributed by atoms with Crippen LogP contribution < -0.4 is 0 Å². The van der Waals surface area contributed by atoms with Gasteiger partial charge in [-0.05, 0) is 13.0 Å². The molecule has 0 aromatic heterocycles. The average Bonchev–Trinajstić information content (AvgIpc) is 1.88. The van der Waals surface area contributed by atoms with Crippen LogP contribution in [0.25, 0.3) is 0 Å². The number of rotatable bonds is 1. The van der Waals surface area contributed by atoms with Gasteiger partial charge in [0.25, 0.3) is 6.43 Å². The van der Waals surface area contributed by atoms with Crippen LogP contribution in [0, 0.1) is 13.0 Å². The molecule has 1 aromatic carbocycles. The Bertz CT molecular complexity index is 201. The minimum absolute atomic E-state index is 0.0365. The molecule has 0 aliphatic heterocycles. The topological polar surface area (TPSA) is 0 Å². The highest BCUT2D eigenvalue weighted by Gasteiger charge is 2.04. The summed E-state index contributed by atoms with van der Waals surface area (Å²) in [7, 11) is 0. The third kappa shape index (κ3) is 1.53. The van der Waals surface area contributed by atoms with Crippen LogP contribution in [0.15, 0.2) is 18.2 Å². The quantitative estimate of drug-likeness (QED) is 0.564. The summed E-state index contributed by atoms with van der Waals surface area (Å²) in [6.07, 6.45) is -2.40. The highest BCUT2D eigenvalue weighted by Crippen LogP contribution is 2.17. The molecule has 0 nitrogen and oxygen atoms in total. The van der Waals surface area contributed by atoms with Gasteiger partial charge in [-0.2, -0.15) is 0 Å². The van der Waals surface area contributed by atoms with Crippen molar-refractivity contribution in [2.24, 2.45) is 0 Å². The van der Waals surface area contributed by atoms with Crippen LogP contribution >= 0.6 is 0 Å². The van der Waals surface area contributed by atoms with E-state index in [4.69, 9.17) is 0 Å². The summed E-state index contributed by atoms with van der Waals surface area (Å²) in [6, 6.07) is 7.08. The van der Waals surface area contributed by atoms with E-state index in [-0.39, 0.29) is 5.56 Å². The molecule has 0 aliphatic rings. The third-order valence-corrected chi connectivity index (χ3v) is 1.23. The molecular formula is C8H7F2. The summed E-state index contributed by atoms with van der Waals surface area (Å²) < 4.78 is 23.7. The lowest BCUT2D eigenvalue weighted by Crippen LogP contribution is -1.82. The monoisotopic (exact) mass is 141 g/mol. The molecule has 0 atom stereocenters. The number of hydrogen-bond donors (Lipinski definition) is 0. The molecule has 0 spiro atoms. The van der Waals surface area contributed by atoms with Gasteiger partial charge in [-0.25, -0.2) is 8.78 Å². The molecule has 0 unspecified atom stereocenters. The van der Waals surface area contributed by atoms with E-state index in [0.717, 1.165) is 5.56 Å². The Hall–Kier alpha value is -0.920. The minimum atomic E-state index is -2.40. The summed E-state index contributed by atoms with van der Waals surface area (Å²) in [6.45, 7) is 1.84. The van der Waals surface area contributed by atoms with Gasteiger partial charge in [0, 0.05) is 5.56 Å². The molecule has 1 aromatic rings. The van der Waals surface area contributed by atoms with Crippen molar-refractivity contribution in [2.75, 3.05) is 0 Å². The van der Waals surface area contributed by atoms with Crippen LogP contribution in [0.2, 0.25) is 0 Å². The standard InChI is InChI=1S/C8H7F2/c1-6-2-4-7(5-3-6)8(9)10/h2-4,8H,1H3. The lowest BCUT2D eigenvalue weighted by molar-refractivity contribution is 0.151. The van der Waals surface area contributed by atoms with Crippen molar-refractivity contribution in [3.63, 3.8) is 0 Å². The van der Waals surface area contributed by atoms with Crippen LogP contribution in [0.5, 0.6) is 0 Å². The van der Waals surface area contributed by atoms with Crippen LogP contribution in [0.1, 0.15) is 17.6 Å². The molecule has 0 aliphatic carbocycles. The molecule has 0 bridgehead atoms. The molecule has 0 saturated heterocycles. The lowest BCUT2D eigenvalue weighted by atomic mass is 10.2. The largest absolute Gasteiger partial charge is 0.264 e. The normalized spacial score (nSPS) is 10.4. The Labute approximate surface area is 58.5 Å². The first-order valence-corrected chi connectivity index (χ1v) is 2.96. The van der Waals surface area contributed by atoms with Crippen LogP contribution in [0.3, 0.4) is 0 Å². The molecule has 53 valence electrons. The Kier molecular flexibility index (Phi) is 2.00. The Morgan fingerprint density at radius 3 is 2.50 bits per heavy atom. The second kappa shape index (κ2) is 2.78. The number of benzene rings is 1. The van der Waals surface area contributed by atoms with Crippen molar-refractivity contribution in [1.82, 2.24) is 0 Å². The Balaban J connectivity index is 2.89. The summed E-state index contributed by atoms with van der Waals surface area (Å²) in [5, 5.41) is 0. The molecule has 1 rings (SSSR count). The van der Waals surface area contributed by atoms with Gasteiger partial charge >= 0.3 is 0 Å². The summed E-state index contributed by atoms with van der Waals surface area (Å²) >= 11 is 0. The van der Waals surface area contributed by atoms with Crippen molar-refractivity contribution in [1.29, 1.82) is 0 Å². The van der Waals surface area contributed by atoms with E-state index < -0.39 is 6.43 Å². The Morgan fingerprint density at radius 2 is 2.10 bits per heavy atom. The molecule has 0 saturated carbocycles. The van der Waals surface area contributed by atoms with E-state index in [1.54, 1.807) is 12.1 Å².